The minimum absolute atomic E-state index is 0.121. The van der Waals surface area contributed by atoms with E-state index in [0.717, 1.165) is 17.7 Å². The molecule has 9 nitrogen and oxygen atoms in total. The molecule has 0 bridgehead atoms. The first kappa shape index (κ1) is 24.9. The molecule has 1 aliphatic heterocycles. The fourth-order valence-electron chi connectivity index (χ4n) is 4.22. The number of amides is 1. The van der Waals surface area contributed by atoms with E-state index in [-0.39, 0.29) is 10.8 Å². The van der Waals surface area contributed by atoms with Gasteiger partial charge in [-0.2, -0.15) is 0 Å². The van der Waals surface area contributed by atoms with Gasteiger partial charge in [0.05, 0.1) is 34.3 Å². The van der Waals surface area contributed by atoms with Crippen LogP contribution in [0.25, 0.3) is 22.4 Å². The van der Waals surface area contributed by atoms with E-state index in [1.54, 1.807) is 61.5 Å². The maximum Gasteiger partial charge on any atom is 0.259 e. The Morgan fingerprint density at radius 1 is 1.14 bits per heavy atom. The van der Waals surface area contributed by atoms with Crippen LogP contribution in [-0.2, 0) is 16.4 Å². The number of benzene rings is 2. The van der Waals surface area contributed by atoms with Gasteiger partial charge in [-0.25, -0.2) is 18.4 Å². The SMILES string of the molecule is CC(C)S(=O)(=O)c1ccc(-c2cnc3[nH]cc(N4Cc5ccc(OCCN(C)C)cc5C4=O)c3n2)cc1. The molecule has 1 amide bonds. The first-order valence-corrected chi connectivity index (χ1v) is 13.6. The number of nitrogens with one attached hydrogen (secondary N) is 1. The molecule has 0 atom stereocenters. The third-order valence-electron chi connectivity index (χ3n) is 6.44. The smallest absolute Gasteiger partial charge is 0.259 e. The minimum atomic E-state index is -3.36. The second-order valence-electron chi connectivity index (χ2n) is 9.61. The molecular weight excluding hydrogens is 490 g/mol. The number of anilines is 1. The van der Waals surface area contributed by atoms with Gasteiger partial charge in [0.2, 0.25) is 0 Å². The van der Waals surface area contributed by atoms with E-state index in [0.29, 0.717) is 47.0 Å². The maximum atomic E-state index is 13.4. The monoisotopic (exact) mass is 519 g/mol. The van der Waals surface area contributed by atoms with Gasteiger partial charge in [-0.15, -0.1) is 0 Å². The zero-order valence-electron chi connectivity index (χ0n) is 21.2. The Balaban J connectivity index is 1.42. The van der Waals surface area contributed by atoms with Crippen LogP contribution in [0.4, 0.5) is 5.69 Å². The molecular formula is C27H29N5O4S. The quantitative estimate of drug-likeness (QED) is 0.376. The number of sulfone groups is 1. The number of H-pyrrole nitrogens is 1. The summed E-state index contributed by atoms with van der Waals surface area (Å²) in [5, 5.41) is -0.500. The summed E-state index contributed by atoms with van der Waals surface area (Å²) in [6.07, 6.45) is 3.37. The highest BCUT2D eigenvalue weighted by molar-refractivity contribution is 7.92. The number of rotatable bonds is 8. The third-order valence-corrected chi connectivity index (χ3v) is 8.61. The van der Waals surface area contributed by atoms with Gasteiger partial charge in [0.25, 0.3) is 5.91 Å². The molecule has 1 aliphatic rings. The number of ether oxygens (including phenoxy) is 1. The van der Waals surface area contributed by atoms with Crippen molar-refractivity contribution in [2.75, 3.05) is 32.1 Å². The Hall–Kier alpha value is -3.76. The van der Waals surface area contributed by atoms with Crippen LogP contribution in [0.3, 0.4) is 0 Å². The van der Waals surface area contributed by atoms with Gasteiger partial charge < -0.3 is 19.5 Å². The molecule has 0 saturated carbocycles. The normalized spacial score (nSPS) is 13.7. The molecule has 0 fully saturated rings. The zero-order chi connectivity index (χ0) is 26.3. The molecule has 0 saturated heterocycles. The van der Waals surface area contributed by atoms with Crippen molar-refractivity contribution in [2.24, 2.45) is 0 Å². The van der Waals surface area contributed by atoms with Crippen LogP contribution in [0.2, 0.25) is 0 Å². The lowest BCUT2D eigenvalue weighted by atomic mass is 10.1. The summed E-state index contributed by atoms with van der Waals surface area (Å²) in [7, 11) is 0.603. The van der Waals surface area contributed by atoms with Crippen LogP contribution in [0.1, 0.15) is 29.8 Å². The van der Waals surface area contributed by atoms with E-state index >= 15 is 0 Å². The maximum absolute atomic E-state index is 13.4. The summed E-state index contributed by atoms with van der Waals surface area (Å²) in [4.78, 5) is 29.7. The molecule has 5 rings (SSSR count). The van der Waals surface area contributed by atoms with Crippen LogP contribution in [0.15, 0.2) is 59.8 Å². The molecule has 192 valence electrons. The molecule has 0 unspecified atom stereocenters. The Morgan fingerprint density at radius 3 is 2.59 bits per heavy atom. The van der Waals surface area contributed by atoms with Crippen molar-refractivity contribution in [3.05, 3.63) is 66.0 Å². The Labute approximate surface area is 216 Å². The minimum Gasteiger partial charge on any atom is -0.492 e. The van der Waals surface area contributed by atoms with Gasteiger partial charge in [-0.3, -0.25) is 4.79 Å². The average Bonchev–Trinajstić information content (AvgIpc) is 3.44. The second-order valence-corrected chi connectivity index (χ2v) is 12.1. The molecule has 37 heavy (non-hydrogen) atoms. The van der Waals surface area contributed by atoms with Crippen LogP contribution in [0, 0.1) is 0 Å². The molecule has 3 heterocycles. The van der Waals surface area contributed by atoms with Crippen molar-refractivity contribution in [3.8, 4) is 17.0 Å². The molecule has 2 aromatic carbocycles. The summed E-state index contributed by atoms with van der Waals surface area (Å²) in [5.41, 5.74) is 4.63. The number of carbonyl (C=O) groups is 1. The molecule has 2 aromatic heterocycles. The lowest BCUT2D eigenvalue weighted by Crippen LogP contribution is -2.23. The number of nitrogens with zero attached hydrogens (tertiary/aromatic N) is 4. The second kappa shape index (κ2) is 9.60. The number of carbonyl (C=O) groups excluding carboxylic acids is 1. The predicted octanol–water partition coefficient (Wildman–Crippen LogP) is 3.91. The van der Waals surface area contributed by atoms with Gasteiger partial charge in [0.15, 0.2) is 15.5 Å². The van der Waals surface area contributed by atoms with Crippen LogP contribution >= 0.6 is 0 Å². The van der Waals surface area contributed by atoms with Crippen molar-refractivity contribution in [1.29, 1.82) is 0 Å². The van der Waals surface area contributed by atoms with E-state index < -0.39 is 15.1 Å². The van der Waals surface area contributed by atoms with E-state index in [9.17, 15) is 13.2 Å². The fraction of sp³-hybridized carbons (Fsp3) is 0.296. The average molecular weight is 520 g/mol. The molecule has 0 radical (unpaired) electrons. The largest absolute Gasteiger partial charge is 0.492 e. The Bertz CT molecular complexity index is 1580. The van der Waals surface area contributed by atoms with Crippen LogP contribution < -0.4 is 9.64 Å². The lowest BCUT2D eigenvalue weighted by molar-refractivity contribution is 0.0996. The van der Waals surface area contributed by atoms with Crippen LogP contribution in [0.5, 0.6) is 5.75 Å². The topological polar surface area (TPSA) is 108 Å². The van der Waals surface area contributed by atoms with Crippen molar-refractivity contribution >= 4 is 32.6 Å². The van der Waals surface area contributed by atoms with E-state index in [1.165, 1.54) is 0 Å². The summed E-state index contributed by atoms with van der Waals surface area (Å²) < 4.78 is 30.7. The standard InChI is InChI=1S/C27H29N5O4S/c1-17(2)37(34,35)21-9-6-18(7-10-21)23-14-28-26-25(30-23)24(15-29-26)32-16-19-5-8-20(13-22(19)27(32)33)36-12-11-31(3)4/h5-10,13-15,17H,11-12,16H2,1-4H3,(H,28,29). The first-order valence-electron chi connectivity index (χ1n) is 12.1. The Morgan fingerprint density at radius 2 is 1.89 bits per heavy atom. The van der Waals surface area contributed by atoms with Gasteiger partial charge in [0.1, 0.15) is 17.9 Å². The van der Waals surface area contributed by atoms with Crippen molar-refractivity contribution < 1.29 is 17.9 Å². The van der Waals surface area contributed by atoms with E-state index in [4.69, 9.17) is 9.72 Å². The van der Waals surface area contributed by atoms with Gasteiger partial charge in [-0.05, 0) is 57.8 Å². The first-order chi connectivity index (χ1) is 17.6. The van der Waals surface area contributed by atoms with Crippen molar-refractivity contribution in [3.63, 3.8) is 0 Å². The summed E-state index contributed by atoms with van der Waals surface area (Å²) >= 11 is 0. The summed E-state index contributed by atoms with van der Waals surface area (Å²) in [6, 6.07) is 12.3. The predicted molar refractivity (Wildman–Crippen MR) is 143 cm³/mol. The summed E-state index contributed by atoms with van der Waals surface area (Å²) in [5.74, 6) is 0.546. The third kappa shape index (κ3) is 4.70. The number of hydrogen-bond donors (Lipinski definition) is 1. The molecule has 10 heteroatoms. The van der Waals surface area contributed by atoms with Crippen molar-refractivity contribution in [1.82, 2.24) is 19.9 Å². The summed E-state index contributed by atoms with van der Waals surface area (Å²) in [6.45, 7) is 5.06. The number of aromatic amines is 1. The van der Waals surface area contributed by atoms with Gasteiger partial charge in [0, 0.05) is 23.9 Å². The molecule has 0 aliphatic carbocycles. The van der Waals surface area contributed by atoms with E-state index in [1.807, 2.05) is 31.1 Å². The molecule has 0 spiro atoms. The molecule has 1 N–H and O–H groups in total. The molecule has 4 aromatic rings. The number of hydrogen-bond acceptors (Lipinski definition) is 7. The van der Waals surface area contributed by atoms with Crippen LogP contribution in [-0.4, -0.2) is 66.7 Å². The zero-order valence-corrected chi connectivity index (χ0v) is 22.0. The highest BCUT2D eigenvalue weighted by atomic mass is 32.2. The van der Waals surface area contributed by atoms with E-state index in [2.05, 4.69) is 9.97 Å². The Kier molecular flexibility index (Phi) is 6.47. The number of likely N-dealkylation sites (N-methyl/N-ethyl adjacent to an activating group) is 1. The highest BCUT2D eigenvalue weighted by Crippen LogP contribution is 2.34. The fourth-order valence-corrected chi connectivity index (χ4v) is 5.28. The lowest BCUT2D eigenvalue weighted by Gasteiger charge is -2.14. The van der Waals surface area contributed by atoms with Gasteiger partial charge >= 0.3 is 0 Å². The number of aromatic nitrogens is 3. The highest BCUT2D eigenvalue weighted by Gasteiger charge is 2.31. The number of fused-ring (bicyclic) bond motifs is 2. The van der Waals surface area contributed by atoms with Gasteiger partial charge in [-0.1, -0.05) is 18.2 Å². The van der Waals surface area contributed by atoms with Crippen molar-refractivity contribution in [2.45, 2.75) is 30.5 Å².